The third-order valence-electron chi connectivity index (χ3n) is 8.17. The maximum absolute atomic E-state index is 12.1. The Morgan fingerprint density at radius 2 is 1.13 bits per heavy atom. The fourth-order valence-electron chi connectivity index (χ4n) is 5.90. The molecular formula is C33H28O14. The van der Waals surface area contributed by atoms with Gasteiger partial charge in [-0.3, -0.25) is 28.8 Å². The van der Waals surface area contributed by atoms with E-state index in [1.165, 1.54) is 57.2 Å². The second-order valence-electron chi connectivity index (χ2n) is 11.2. The summed E-state index contributed by atoms with van der Waals surface area (Å²) in [6, 6.07) is 7.90. The Kier molecular flexibility index (Phi) is 10.0. The number of carbonyl (C=O) groups excluding carboxylic acids is 9. The molecule has 1 heterocycles. The van der Waals surface area contributed by atoms with Crippen molar-refractivity contribution in [2.75, 3.05) is 13.2 Å². The van der Waals surface area contributed by atoms with Crippen LogP contribution in [0.4, 0.5) is 0 Å². The molecule has 14 heteroatoms. The first-order valence-electron chi connectivity index (χ1n) is 14.3. The monoisotopic (exact) mass is 648 g/mol. The van der Waals surface area contributed by atoms with E-state index in [1.54, 1.807) is 0 Å². The number of cyclic esters (lactones) is 2. The smallest absolute Gasteiger partial charge is 0.346 e. The van der Waals surface area contributed by atoms with E-state index in [9.17, 15) is 47.9 Å². The SMILES string of the molecule is CC(=O)C1CC(C(C)=O)C(C(=O)O)C1C(C)=O.O=C(OCCOC(=O)c1ccc2c(c1)C(=O)OC2=O)c1ccc2c(c1)C(=O)CC2=O. The van der Waals surface area contributed by atoms with Gasteiger partial charge in [0.1, 0.15) is 30.6 Å². The first kappa shape index (κ1) is 34.2. The summed E-state index contributed by atoms with van der Waals surface area (Å²) in [5, 5.41) is 9.14. The van der Waals surface area contributed by atoms with Gasteiger partial charge in [-0.2, -0.15) is 0 Å². The number of benzene rings is 2. The highest BCUT2D eigenvalue weighted by Crippen LogP contribution is 2.43. The summed E-state index contributed by atoms with van der Waals surface area (Å²) in [6.07, 6.45) is -0.0375. The fraction of sp³-hybridized carbons (Fsp3) is 0.333. The largest absolute Gasteiger partial charge is 0.481 e. The van der Waals surface area contributed by atoms with Crippen LogP contribution >= 0.6 is 0 Å². The predicted octanol–water partition coefficient (Wildman–Crippen LogP) is 2.49. The van der Waals surface area contributed by atoms with Gasteiger partial charge in [0.05, 0.1) is 34.6 Å². The maximum Gasteiger partial charge on any atom is 0.346 e. The van der Waals surface area contributed by atoms with Crippen LogP contribution in [-0.4, -0.2) is 77.1 Å². The number of hydrogen-bond donors (Lipinski definition) is 1. The third-order valence-corrected chi connectivity index (χ3v) is 8.17. The minimum atomic E-state index is -1.17. The number of ketones is 5. The summed E-state index contributed by atoms with van der Waals surface area (Å²) >= 11 is 0. The zero-order valence-corrected chi connectivity index (χ0v) is 25.4. The van der Waals surface area contributed by atoms with Gasteiger partial charge in [-0.05, 0) is 63.6 Å². The van der Waals surface area contributed by atoms with Gasteiger partial charge in [0, 0.05) is 28.9 Å². The quantitative estimate of drug-likeness (QED) is 0.179. The summed E-state index contributed by atoms with van der Waals surface area (Å²) < 4.78 is 14.4. The molecule has 1 fully saturated rings. The van der Waals surface area contributed by atoms with E-state index >= 15 is 0 Å². The average Bonchev–Trinajstić information content (AvgIpc) is 3.66. The van der Waals surface area contributed by atoms with Crippen molar-refractivity contribution in [3.63, 3.8) is 0 Å². The van der Waals surface area contributed by atoms with E-state index < -0.39 is 53.5 Å². The Morgan fingerprint density at radius 3 is 1.64 bits per heavy atom. The van der Waals surface area contributed by atoms with Crippen molar-refractivity contribution in [1.82, 2.24) is 0 Å². The van der Waals surface area contributed by atoms with Crippen LogP contribution in [-0.2, 0) is 33.4 Å². The third kappa shape index (κ3) is 7.11. The Morgan fingerprint density at radius 1 is 0.660 bits per heavy atom. The van der Waals surface area contributed by atoms with Gasteiger partial charge < -0.3 is 19.3 Å². The van der Waals surface area contributed by atoms with Gasteiger partial charge in [0.15, 0.2) is 11.6 Å². The van der Waals surface area contributed by atoms with Crippen LogP contribution in [0.15, 0.2) is 36.4 Å². The van der Waals surface area contributed by atoms with Crippen LogP contribution in [0.3, 0.4) is 0 Å². The lowest BCUT2D eigenvalue weighted by atomic mass is 9.82. The summed E-state index contributed by atoms with van der Waals surface area (Å²) in [4.78, 5) is 116. The van der Waals surface area contributed by atoms with Crippen molar-refractivity contribution in [2.45, 2.75) is 33.6 Å². The summed E-state index contributed by atoms with van der Waals surface area (Å²) in [7, 11) is 0. The number of rotatable bonds is 9. The first-order chi connectivity index (χ1) is 22.1. The van der Waals surface area contributed by atoms with E-state index in [0.717, 1.165) is 0 Å². The molecule has 14 nitrogen and oxygen atoms in total. The summed E-state index contributed by atoms with van der Waals surface area (Å²) in [6.45, 7) is 3.41. The number of fused-ring (bicyclic) bond motifs is 2. The molecule has 244 valence electrons. The van der Waals surface area contributed by atoms with Crippen molar-refractivity contribution in [3.05, 3.63) is 69.8 Å². The average molecular weight is 649 g/mol. The van der Waals surface area contributed by atoms with E-state index in [-0.39, 0.29) is 88.4 Å². The maximum atomic E-state index is 12.1. The molecule has 4 unspecified atom stereocenters. The van der Waals surface area contributed by atoms with E-state index in [1.807, 2.05) is 0 Å². The second-order valence-corrected chi connectivity index (χ2v) is 11.2. The van der Waals surface area contributed by atoms with Crippen LogP contribution in [0.5, 0.6) is 0 Å². The number of hydrogen-bond acceptors (Lipinski definition) is 13. The first-order valence-corrected chi connectivity index (χ1v) is 14.3. The number of carboxylic acids is 1. The molecule has 0 aromatic heterocycles. The van der Waals surface area contributed by atoms with Gasteiger partial charge >= 0.3 is 29.8 Å². The highest BCUT2D eigenvalue weighted by atomic mass is 16.6. The number of aliphatic carboxylic acids is 1. The summed E-state index contributed by atoms with van der Waals surface area (Å²) in [5.74, 6) is -9.04. The molecule has 0 spiro atoms. The standard InChI is InChI=1S/C21H12O9.C12H16O5/c22-16-9-17(23)14-7-10(1-3-12(14)16)18(24)28-5-6-29-19(25)11-2-4-13-15(8-11)21(27)30-20(13)26;1-5(13)8-4-9(6(2)14)11(12(16)17)10(8)7(3)15/h1-4,7-8H,5-6,9H2;8-11H,4H2,1-3H3,(H,16,17). The number of Topliss-reactive ketones (excluding diaryl/α,β-unsaturated/α-hetero) is 5. The lowest BCUT2D eigenvalue weighted by Crippen LogP contribution is -2.33. The highest BCUT2D eigenvalue weighted by molar-refractivity contribution is 6.24. The van der Waals surface area contributed by atoms with Gasteiger partial charge in [0.25, 0.3) is 0 Å². The van der Waals surface area contributed by atoms with Crippen molar-refractivity contribution in [2.24, 2.45) is 23.7 Å². The van der Waals surface area contributed by atoms with Crippen molar-refractivity contribution >= 4 is 58.8 Å². The van der Waals surface area contributed by atoms with E-state index in [2.05, 4.69) is 4.74 Å². The lowest BCUT2D eigenvalue weighted by molar-refractivity contribution is -0.149. The Hall–Kier alpha value is -5.66. The Balaban J connectivity index is 0.000000251. The molecular weight excluding hydrogens is 620 g/mol. The van der Waals surface area contributed by atoms with Gasteiger partial charge in [-0.15, -0.1) is 0 Å². The molecule has 5 rings (SSSR count). The minimum absolute atomic E-state index is 0.0227. The van der Waals surface area contributed by atoms with Crippen molar-refractivity contribution in [3.8, 4) is 0 Å². The zero-order chi connectivity index (χ0) is 34.7. The van der Waals surface area contributed by atoms with E-state index in [0.29, 0.717) is 0 Å². The van der Waals surface area contributed by atoms with E-state index in [4.69, 9.17) is 14.6 Å². The lowest BCUT2D eigenvalue weighted by Gasteiger charge is -2.19. The Bertz CT molecular complexity index is 1640. The fourth-order valence-corrected chi connectivity index (χ4v) is 5.90. The normalized spacial score (nSPS) is 20.7. The number of carbonyl (C=O) groups is 10. The molecule has 0 radical (unpaired) electrons. The van der Waals surface area contributed by atoms with Gasteiger partial charge in [0.2, 0.25) is 0 Å². The van der Waals surface area contributed by atoms with Gasteiger partial charge in [-0.25, -0.2) is 19.2 Å². The predicted molar refractivity (Wildman–Crippen MR) is 155 cm³/mol. The molecule has 1 aliphatic heterocycles. The number of esters is 4. The molecule has 47 heavy (non-hydrogen) atoms. The van der Waals surface area contributed by atoms with Crippen molar-refractivity contribution in [1.29, 1.82) is 0 Å². The van der Waals surface area contributed by atoms with Crippen LogP contribution in [0, 0.1) is 23.7 Å². The zero-order valence-electron chi connectivity index (χ0n) is 25.4. The molecule has 2 aromatic carbocycles. The van der Waals surface area contributed by atoms with Crippen LogP contribution in [0.2, 0.25) is 0 Å². The summed E-state index contributed by atoms with van der Waals surface area (Å²) in [5.41, 5.74) is 0.656. The van der Waals surface area contributed by atoms with Gasteiger partial charge in [-0.1, -0.05) is 0 Å². The van der Waals surface area contributed by atoms with Crippen LogP contribution in [0.25, 0.3) is 0 Å². The molecule has 0 bridgehead atoms. The Labute approximate surface area is 266 Å². The second kappa shape index (κ2) is 13.8. The van der Waals surface area contributed by atoms with Crippen molar-refractivity contribution < 1.29 is 67.3 Å². The molecule has 4 atom stereocenters. The number of ether oxygens (including phenoxy) is 3. The molecule has 0 saturated heterocycles. The molecule has 2 aliphatic carbocycles. The molecule has 2 aromatic rings. The minimum Gasteiger partial charge on any atom is -0.481 e. The molecule has 0 amide bonds. The van der Waals surface area contributed by atoms with Crippen LogP contribution in [0.1, 0.15) is 95.8 Å². The highest BCUT2D eigenvalue weighted by Gasteiger charge is 2.52. The molecule has 3 aliphatic rings. The molecule has 1 saturated carbocycles. The topological polar surface area (TPSA) is 219 Å². The molecule has 1 N–H and O–H groups in total. The number of carboxylic acid groups (broad SMARTS) is 1. The van der Waals surface area contributed by atoms with Crippen LogP contribution < -0.4 is 0 Å².